The Labute approximate surface area is 249 Å². The van der Waals surface area contributed by atoms with Crippen LogP contribution in [0.5, 0.6) is 0 Å². The molecule has 0 aromatic heterocycles. The maximum absolute atomic E-state index is 6.18. The summed E-state index contributed by atoms with van der Waals surface area (Å²) in [5, 5.41) is 0. The van der Waals surface area contributed by atoms with Crippen molar-refractivity contribution in [2.45, 2.75) is 8.87 Å². The molecule has 0 atom stereocenters. The van der Waals surface area contributed by atoms with E-state index in [0.717, 1.165) is 8.87 Å². The van der Waals surface area contributed by atoms with Crippen LogP contribution >= 0.6 is 0 Å². The third-order valence-electron chi connectivity index (χ3n) is 7.57. The standard InChI is InChI=1S/2C10H19O4.2C6H5.Sn/c2*1-10-8-13-6-4-11-2-3-12-5-7-14-9-10;2*1-2-4-6-5-3-1;/h2*10H,1-9H2;2*1-5H;. The van der Waals surface area contributed by atoms with Gasteiger partial charge >= 0.3 is 251 Å². The van der Waals surface area contributed by atoms with E-state index in [9.17, 15) is 0 Å². The molecule has 2 aromatic carbocycles. The molecule has 0 N–H and O–H groups in total. The average Bonchev–Trinajstić information content (AvgIpc) is 3.06. The third kappa shape index (κ3) is 11.8. The van der Waals surface area contributed by atoms with Gasteiger partial charge in [-0.2, -0.15) is 0 Å². The van der Waals surface area contributed by atoms with Gasteiger partial charge in [0.05, 0.1) is 0 Å². The van der Waals surface area contributed by atoms with E-state index in [2.05, 4.69) is 60.7 Å². The fourth-order valence-electron chi connectivity index (χ4n) is 5.67. The summed E-state index contributed by atoms with van der Waals surface area (Å²) in [6, 6.07) is 22.3. The van der Waals surface area contributed by atoms with E-state index in [4.69, 9.17) is 37.9 Å². The molecule has 4 rings (SSSR count). The molecule has 0 unspecified atom stereocenters. The Morgan fingerprint density at radius 3 is 0.951 bits per heavy atom. The quantitative estimate of drug-likeness (QED) is 0.432. The fourth-order valence-corrected chi connectivity index (χ4v) is 21.5. The molecule has 41 heavy (non-hydrogen) atoms. The van der Waals surface area contributed by atoms with Crippen molar-refractivity contribution in [3.05, 3.63) is 60.7 Å². The van der Waals surface area contributed by atoms with E-state index >= 15 is 0 Å². The van der Waals surface area contributed by atoms with Gasteiger partial charge in [-0.25, -0.2) is 0 Å². The van der Waals surface area contributed by atoms with Crippen LogP contribution in [0.1, 0.15) is 0 Å². The predicted octanol–water partition coefficient (Wildman–Crippen LogP) is 2.64. The van der Waals surface area contributed by atoms with E-state index in [1.807, 2.05) is 0 Å². The van der Waals surface area contributed by atoms with E-state index in [0.29, 0.717) is 106 Å². The molecule has 2 fully saturated rings. The van der Waals surface area contributed by atoms with Gasteiger partial charge in [0.25, 0.3) is 0 Å². The maximum atomic E-state index is 6.18. The average molecular weight is 679 g/mol. The molecule has 0 bridgehead atoms. The van der Waals surface area contributed by atoms with E-state index in [1.165, 1.54) is 7.16 Å². The number of hydrogen-bond acceptors (Lipinski definition) is 8. The summed E-state index contributed by atoms with van der Waals surface area (Å²) in [7, 11) is 0. The van der Waals surface area contributed by atoms with E-state index in [-0.39, 0.29) is 11.8 Å². The third-order valence-corrected chi connectivity index (χ3v) is 23.1. The normalized spacial score (nSPS) is 21.3. The van der Waals surface area contributed by atoms with Crippen LogP contribution in [0.15, 0.2) is 60.7 Å². The second-order valence-electron chi connectivity index (χ2n) is 10.7. The Balaban J connectivity index is 1.62. The first-order chi connectivity index (χ1) is 20.4. The Morgan fingerprint density at radius 2 is 0.659 bits per heavy atom. The van der Waals surface area contributed by atoms with Crippen molar-refractivity contribution >= 4 is 25.5 Å². The molecule has 0 aliphatic carbocycles. The summed E-state index contributed by atoms with van der Waals surface area (Å²) < 4.78 is 52.5. The van der Waals surface area contributed by atoms with Crippen molar-refractivity contribution in [3.8, 4) is 0 Å². The Morgan fingerprint density at radius 1 is 0.390 bits per heavy atom. The van der Waals surface area contributed by atoms with Crippen molar-refractivity contribution in [2.75, 3.05) is 106 Å². The van der Waals surface area contributed by atoms with Gasteiger partial charge in [-0.15, -0.1) is 0 Å². The van der Waals surface area contributed by atoms with Crippen molar-refractivity contribution in [2.24, 2.45) is 11.8 Å². The van der Waals surface area contributed by atoms with Crippen molar-refractivity contribution in [3.63, 3.8) is 0 Å². The molecule has 0 saturated carbocycles. The Kier molecular flexibility index (Phi) is 16.0. The summed E-state index contributed by atoms with van der Waals surface area (Å²) in [4.78, 5) is 0. The summed E-state index contributed by atoms with van der Waals surface area (Å²) in [5.41, 5.74) is 0. The number of ether oxygens (including phenoxy) is 8. The predicted molar refractivity (Wildman–Crippen MR) is 161 cm³/mol. The zero-order chi connectivity index (χ0) is 28.3. The van der Waals surface area contributed by atoms with Crippen LogP contribution in [-0.2, 0) is 37.9 Å². The van der Waals surface area contributed by atoms with Gasteiger partial charge in [-0.05, 0) is 0 Å². The number of benzene rings is 2. The molecule has 0 spiro atoms. The number of hydrogen-bond donors (Lipinski definition) is 0. The summed E-state index contributed by atoms with van der Waals surface area (Å²) in [5.74, 6) is 0.510. The van der Waals surface area contributed by atoms with Crippen LogP contribution in [0, 0.1) is 11.8 Å². The monoisotopic (exact) mass is 680 g/mol. The van der Waals surface area contributed by atoms with Gasteiger partial charge in [0.2, 0.25) is 0 Å². The van der Waals surface area contributed by atoms with Crippen LogP contribution in [0.3, 0.4) is 0 Å². The van der Waals surface area contributed by atoms with E-state index in [1.54, 1.807) is 0 Å². The summed E-state index contributed by atoms with van der Waals surface area (Å²) in [6.07, 6.45) is 0. The van der Waals surface area contributed by atoms with E-state index < -0.39 is 18.4 Å². The minimum atomic E-state index is -3.42. The van der Waals surface area contributed by atoms with Crippen LogP contribution in [0.2, 0.25) is 8.87 Å². The Bertz CT molecular complexity index is 815. The molecular formula is C32H48O8Sn. The molecule has 0 radical (unpaired) electrons. The molecule has 2 aliphatic heterocycles. The van der Waals surface area contributed by atoms with Crippen molar-refractivity contribution < 1.29 is 37.9 Å². The zero-order valence-electron chi connectivity index (χ0n) is 24.4. The van der Waals surface area contributed by atoms with Crippen LogP contribution < -0.4 is 7.16 Å². The molecule has 9 heteroatoms. The van der Waals surface area contributed by atoms with Gasteiger partial charge in [0.1, 0.15) is 0 Å². The topological polar surface area (TPSA) is 73.8 Å². The molecule has 8 nitrogen and oxygen atoms in total. The fraction of sp³-hybridized carbons (Fsp3) is 0.625. The van der Waals surface area contributed by atoms with Gasteiger partial charge in [0, 0.05) is 0 Å². The SMILES string of the molecule is c1cc[c]([Sn]([CH2]C2COCCOCCOCCOC2)([CH2]C2COCCOCCOCCOC2)[c]2ccccc2)cc1. The number of rotatable bonds is 6. The second-order valence-corrected chi connectivity index (χ2v) is 22.5. The molecule has 2 saturated heterocycles. The van der Waals surface area contributed by atoms with Crippen LogP contribution in [0.25, 0.3) is 0 Å². The first-order valence-electron chi connectivity index (χ1n) is 15.1. The first kappa shape index (κ1) is 32.8. The van der Waals surface area contributed by atoms with Gasteiger partial charge < -0.3 is 0 Å². The molecule has 0 amide bonds. The van der Waals surface area contributed by atoms with Gasteiger partial charge in [-0.1, -0.05) is 0 Å². The minimum absolute atomic E-state index is 0.255. The molecule has 2 aliphatic rings. The first-order valence-corrected chi connectivity index (χ1v) is 22.0. The van der Waals surface area contributed by atoms with Crippen LogP contribution in [-0.4, -0.2) is 124 Å². The molecule has 228 valence electrons. The molecule has 2 heterocycles. The van der Waals surface area contributed by atoms with Crippen molar-refractivity contribution in [1.29, 1.82) is 0 Å². The molecule has 2 aromatic rings. The van der Waals surface area contributed by atoms with Crippen molar-refractivity contribution in [1.82, 2.24) is 0 Å². The van der Waals surface area contributed by atoms with Gasteiger partial charge in [0.15, 0.2) is 0 Å². The zero-order valence-corrected chi connectivity index (χ0v) is 27.3. The summed E-state index contributed by atoms with van der Waals surface area (Å²) >= 11 is -3.42. The molecular weight excluding hydrogens is 631 g/mol. The van der Waals surface area contributed by atoms with Crippen LogP contribution in [0.4, 0.5) is 0 Å². The Hall–Kier alpha value is -1.08. The second kappa shape index (κ2) is 20.0. The van der Waals surface area contributed by atoms with Gasteiger partial charge in [-0.3, -0.25) is 0 Å². The summed E-state index contributed by atoms with van der Waals surface area (Å²) in [6.45, 7) is 9.52.